The normalized spacial score (nSPS) is 25.1. The van der Waals surface area contributed by atoms with Crippen molar-refractivity contribution in [3.8, 4) is 0 Å². The molecule has 0 radical (unpaired) electrons. The Morgan fingerprint density at radius 3 is 2.94 bits per heavy atom. The first-order valence-corrected chi connectivity index (χ1v) is 6.88. The molecule has 4 nitrogen and oxygen atoms in total. The van der Waals surface area contributed by atoms with Crippen LogP contribution in [-0.2, 0) is 9.53 Å². The number of hydrogen-bond acceptors (Lipinski definition) is 3. The van der Waals surface area contributed by atoms with E-state index in [9.17, 15) is 4.79 Å². The second-order valence-electron chi connectivity index (χ2n) is 5.13. The van der Waals surface area contributed by atoms with Crippen molar-refractivity contribution in [1.29, 1.82) is 0 Å². The molecule has 1 aliphatic carbocycles. The Kier molecular flexibility index (Phi) is 4.80. The smallest absolute Gasteiger partial charge is 0.222 e. The molecular formula is C13H24N2O2. The molecule has 0 aromatic carbocycles. The molecule has 2 rings (SSSR count). The molecular weight excluding hydrogens is 216 g/mol. The first kappa shape index (κ1) is 12.8. The fourth-order valence-corrected chi connectivity index (χ4v) is 2.46. The van der Waals surface area contributed by atoms with Crippen molar-refractivity contribution in [3.63, 3.8) is 0 Å². The summed E-state index contributed by atoms with van der Waals surface area (Å²) in [4.78, 5) is 14.1. The van der Waals surface area contributed by atoms with Gasteiger partial charge in [-0.05, 0) is 38.6 Å². The number of nitrogens with one attached hydrogen (secondary N) is 1. The highest BCUT2D eigenvalue weighted by Gasteiger charge is 2.34. The largest absolute Gasteiger partial charge is 0.381 e. The predicted octanol–water partition coefficient (Wildman–Crippen LogP) is 1.01. The lowest BCUT2D eigenvalue weighted by molar-refractivity contribution is -0.122. The lowest BCUT2D eigenvalue weighted by Crippen LogP contribution is -2.31. The average molecular weight is 240 g/mol. The Morgan fingerprint density at radius 1 is 1.41 bits per heavy atom. The van der Waals surface area contributed by atoms with Gasteiger partial charge in [0.15, 0.2) is 0 Å². The van der Waals surface area contributed by atoms with E-state index in [0.717, 1.165) is 12.6 Å². The highest BCUT2D eigenvalue weighted by Crippen LogP contribution is 2.31. The van der Waals surface area contributed by atoms with Gasteiger partial charge in [0.05, 0.1) is 6.61 Å². The van der Waals surface area contributed by atoms with Crippen molar-refractivity contribution in [2.45, 2.75) is 38.6 Å². The van der Waals surface area contributed by atoms with Gasteiger partial charge in [-0.3, -0.25) is 4.79 Å². The minimum Gasteiger partial charge on any atom is -0.381 e. The molecule has 1 atom stereocenters. The van der Waals surface area contributed by atoms with E-state index in [2.05, 4.69) is 10.2 Å². The second-order valence-corrected chi connectivity index (χ2v) is 5.13. The van der Waals surface area contributed by atoms with Gasteiger partial charge in [-0.1, -0.05) is 0 Å². The Bertz CT molecular complexity index is 254. The Hall–Kier alpha value is -0.610. The van der Waals surface area contributed by atoms with Crippen LogP contribution in [0.25, 0.3) is 0 Å². The Labute approximate surface area is 104 Å². The standard InChI is InChI=1S/C13H24N2O2/c1-2-17-8-6-13(16)14-9-11-5-7-15(10-11)12-3-4-12/h11-12H,2-10H2,1H3,(H,14,16)/t11-/m0/s1. The van der Waals surface area contributed by atoms with E-state index in [0.29, 0.717) is 25.6 Å². The van der Waals surface area contributed by atoms with Gasteiger partial charge in [-0.25, -0.2) is 0 Å². The van der Waals surface area contributed by atoms with Gasteiger partial charge >= 0.3 is 0 Å². The van der Waals surface area contributed by atoms with Crippen molar-refractivity contribution in [2.75, 3.05) is 32.8 Å². The van der Waals surface area contributed by atoms with E-state index in [-0.39, 0.29) is 5.91 Å². The second kappa shape index (κ2) is 6.36. The summed E-state index contributed by atoms with van der Waals surface area (Å²) in [5.74, 6) is 0.787. The van der Waals surface area contributed by atoms with Crippen LogP contribution in [0.1, 0.15) is 32.6 Å². The zero-order valence-electron chi connectivity index (χ0n) is 10.8. The van der Waals surface area contributed by atoms with Crippen molar-refractivity contribution in [3.05, 3.63) is 0 Å². The van der Waals surface area contributed by atoms with Crippen molar-refractivity contribution >= 4 is 5.91 Å². The number of amides is 1. The van der Waals surface area contributed by atoms with Crippen LogP contribution >= 0.6 is 0 Å². The summed E-state index contributed by atoms with van der Waals surface area (Å²) in [6.45, 7) is 6.42. The quantitative estimate of drug-likeness (QED) is 0.675. The molecule has 0 spiro atoms. The van der Waals surface area contributed by atoms with Gasteiger partial charge in [0, 0.05) is 32.2 Å². The molecule has 0 unspecified atom stereocenters. The first-order valence-electron chi connectivity index (χ1n) is 6.88. The van der Waals surface area contributed by atoms with Crippen molar-refractivity contribution in [2.24, 2.45) is 5.92 Å². The van der Waals surface area contributed by atoms with Gasteiger partial charge in [-0.15, -0.1) is 0 Å². The highest BCUT2D eigenvalue weighted by atomic mass is 16.5. The minimum absolute atomic E-state index is 0.128. The maximum atomic E-state index is 11.5. The molecule has 1 saturated carbocycles. The molecule has 2 aliphatic rings. The summed E-state index contributed by atoms with van der Waals surface area (Å²) in [5, 5.41) is 3.02. The van der Waals surface area contributed by atoms with E-state index < -0.39 is 0 Å². The summed E-state index contributed by atoms with van der Waals surface area (Å²) in [7, 11) is 0. The van der Waals surface area contributed by atoms with Crippen LogP contribution in [0.3, 0.4) is 0 Å². The summed E-state index contributed by atoms with van der Waals surface area (Å²) < 4.78 is 5.16. The highest BCUT2D eigenvalue weighted by molar-refractivity contribution is 5.75. The number of carbonyl (C=O) groups is 1. The lowest BCUT2D eigenvalue weighted by Gasteiger charge is -2.15. The molecule has 0 aromatic heterocycles. The summed E-state index contributed by atoms with van der Waals surface area (Å²) in [6, 6.07) is 0.869. The first-order chi connectivity index (χ1) is 8.29. The number of likely N-dealkylation sites (tertiary alicyclic amines) is 1. The summed E-state index contributed by atoms with van der Waals surface area (Å²) >= 11 is 0. The van der Waals surface area contributed by atoms with E-state index in [1.165, 1.54) is 32.4 Å². The molecule has 1 heterocycles. The van der Waals surface area contributed by atoms with Crippen LogP contribution in [0.2, 0.25) is 0 Å². The number of rotatable bonds is 7. The predicted molar refractivity (Wildman–Crippen MR) is 66.8 cm³/mol. The number of nitrogens with zero attached hydrogens (tertiary/aromatic N) is 1. The fourth-order valence-electron chi connectivity index (χ4n) is 2.46. The Morgan fingerprint density at radius 2 is 2.24 bits per heavy atom. The minimum atomic E-state index is 0.128. The lowest BCUT2D eigenvalue weighted by atomic mass is 10.1. The monoisotopic (exact) mass is 240 g/mol. The van der Waals surface area contributed by atoms with Crippen LogP contribution in [0, 0.1) is 5.92 Å². The van der Waals surface area contributed by atoms with E-state index in [4.69, 9.17) is 4.74 Å². The van der Waals surface area contributed by atoms with E-state index >= 15 is 0 Å². The molecule has 1 amide bonds. The topological polar surface area (TPSA) is 41.6 Å². The third-order valence-electron chi connectivity index (χ3n) is 3.65. The Balaban J connectivity index is 1.54. The number of ether oxygens (including phenoxy) is 1. The third kappa shape index (κ3) is 4.28. The van der Waals surface area contributed by atoms with Gasteiger partial charge in [0.25, 0.3) is 0 Å². The van der Waals surface area contributed by atoms with E-state index in [1.54, 1.807) is 0 Å². The molecule has 17 heavy (non-hydrogen) atoms. The van der Waals surface area contributed by atoms with Gasteiger partial charge < -0.3 is 15.0 Å². The molecule has 98 valence electrons. The van der Waals surface area contributed by atoms with Gasteiger partial charge in [-0.2, -0.15) is 0 Å². The van der Waals surface area contributed by atoms with Crippen LogP contribution in [0.4, 0.5) is 0 Å². The molecule has 1 aliphatic heterocycles. The fraction of sp³-hybridized carbons (Fsp3) is 0.923. The zero-order chi connectivity index (χ0) is 12.1. The maximum absolute atomic E-state index is 11.5. The average Bonchev–Trinajstić information content (AvgIpc) is 3.07. The molecule has 1 saturated heterocycles. The molecule has 0 aromatic rings. The molecule has 2 fully saturated rings. The van der Waals surface area contributed by atoms with Crippen LogP contribution < -0.4 is 5.32 Å². The summed E-state index contributed by atoms with van der Waals surface area (Å²) in [5.41, 5.74) is 0. The van der Waals surface area contributed by atoms with Gasteiger partial charge in [0.2, 0.25) is 5.91 Å². The zero-order valence-corrected chi connectivity index (χ0v) is 10.8. The van der Waals surface area contributed by atoms with Crippen LogP contribution in [0.15, 0.2) is 0 Å². The summed E-state index contributed by atoms with van der Waals surface area (Å²) in [6.07, 6.45) is 4.50. The SMILES string of the molecule is CCOCCC(=O)NC[C@@H]1CCN(C2CC2)C1. The van der Waals surface area contributed by atoms with E-state index in [1.807, 2.05) is 6.92 Å². The van der Waals surface area contributed by atoms with Crippen molar-refractivity contribution < 1.29 is 9.53 Å². The van der Waals surface area contributed by atoms with Crippen LogP contribution in [0.5, 0.6) is 0 Å². The molecule has 0 bridgehead atoms. The van der Waals surface area contributed by atoms with Crippen molar-refractivity contribution in [1.82, 2.24) is 10.2 Å². The maximum Gasteiger partial charge on any atom is 0.222 e. The molecule has 1 N–H and O–H groups in total. The third-order valence-corrected chi connectivity index (χ3v) is 3.65. The molecule has 4 heteroatoms. The number of hydrogen-bond donors (Lipinski definition) is 1. The van der Waals surface area contributed by atoms with Crippen LogP contribution in [-0.4, -0.2) is 49.7 Å². The van der Waals surface area contributed by atoms with Gasteiger partial charge in [0.1, 0.15) is 0 Å². The number of carbonyl (C=O) groups excluding carboxylic acids is 1.